The highest BCUT2D eigenvalue weighted by molar-refractivity contribution is 5.68. The van der Waals surface area contributed by atoms with E-state index in [1.807, 2.05) is 4.90 Å². The number of aryl methyl sites for hydroxylation is 1. The number of hydrogen-bond acceptors (Lipinski definition) is 10. The van der Waals surface area contributed by atoms with Crippen molar-refractivity contribution in [2.45, 2.75) is 39.0 Å². The van der Waals surface area contributed by atoms with Gasteiger partial charge in [0.1, 0.15) is 5.82 Å². The van der Waals surface area contributed by atoms with Crippen LogP contribution >= 0.6 is 0 Å². The molecule has 158 valence electrons. The van der Waals surface area contributed by atoms with Crippen LogP contribution in [0.3, 0.4) is 0 Å². The molecular formula is C19H28N6O4. The van der Waals surface area contributed by atoms with E-state index < -0.39 is 0 Å². The van der Waals surface area contributed by atoms with Gasteiger partial charge in [-0.25, -0.2) is 4.98 Å². The van der Waals surface area contributed by atoms with Crippen LogP contribution in [0.2, 0.25) is 0 Å². The minimum atomic E-state index is -0.164. The molecule has 0 bridgehead atoms. The summed E-state index contributed by atoms with van der Waals surface area (Å²) in [5.74, 6) is 1.89. The number of methoxy groups -OCH3 is 1. The van der Waals surface area contributed by atoms with Crippen LogP contribution in [0.4, 0.5) is 17.7 Å². The summed E-state index contributed by atoms with van der Waals surface area (Å²) in [4.78, 5) is 28.8. The van der Waals surface area contributed by atoms with Gasteiger partial charge in [-0.3, -0.25) is 14.7 Å². The fourth-order valence-electron chi connectivity index (χ4n) is 3.12. The second kappa shape index (κ2) is 10.7. The lowest BCUT2D eigenvalue weighted by molar-refractivity contribution is -0.140. The number of aromatic nitrogens is 4. The standard InChI is InChI=1S/C19H28N6O4/c1-15-21-19(29-23-15)25(8-6-4-3-5-7-18(26)27-2)17-14-20-13-16(22-17)24-9-11-28-12-10-24/h13-14H,3-12H2,1-2H3. The van der Waals surface area contributed by atoms with Crippen LogP contribution in [0, 0.1) is 6.92 Å². The first-order valence-electron chi connectivity index (χ1n) is 9.97. The van der Waals surface area contributed by atoms with Crippen molar-refractivity contribution in [1.82, 2.24) is 20.1 Å². The fourth-order valence-corrected chi connectivity index (χ4v) is 3.12. The summed E-state index contributed by atoms with van der Waals surface area (Å²) in [6.07, 6.45) is 7.56. The van der Waals surface area contributed by atoms with E-state index in [0.717, 1.165) is 44.6 Å². The van der Waals surface area contributed by atoms with Gasteiger partial charge in [-0.1, -0.05) is 18.0 Å². The monoisotopic (exact) mass is 404 g/mol. The third-order valence-electron chi connectivity index (χ3n) is 4.71. The first kappa shape index (κ1) is 21.0. The number of ether oxygens (including phenoxy) is 2. The second-order valence-corrected chi connectivity index (χ2v) is 6.85. The van der Waals surface area contributed by atoms with Crippen LogP contribution in [0.5, 0.6) is 0 Å². The van der Waals surface area contributed by atoms with E-state index in [9.17, 15) is 4.79 Å². The van der Waals surface area contributed by atoms with Crippen LogP contribution in [-0.2, 0) is 14.3 Å². The molecule has 1 saturated heterocycles. The predicted octanol–water partition coefficient (Wildman–Crippen LogP) is 2.27. The number of hydrogen-bond donors (Lipinski definition) is 0. The third-order valence-corrected chi connectivity index (χ3v) is 4.71. The lowest BCUT2D eigenvalue weighted by Gasteiger charge is -2.28. The number of carbonyl (C=O) groups excluding carboxylic acids is 1. The first-order chi connectivity index (χ1) is 14.2. The Morgan fingerprint density at radius 1 is 1.17 bits per heavy atom. The van der Waals surface area contributed by atoms with Gasteiger partial charge in [0.25, 0.3) is 0 Å². The van der Waals surface area contributed by atoms with Crippen LogP contribution in [-0.4, -0.2) is 66.0 Å². The van der Waals surface area contributed by atoms with Crippen LogP contribution in [0.15, 0.2) is 16.9 Å². The molecule has 2 aromatic heterocycles. The smallest absolute Gasteiger partial charge is 0.329 e. The van der Waals surface area contributed by atoms with E-state index in [4.69, 9.17) is 14.2 Å². The zero-order valence-corrected chi connectivity index (χ0v) is 17.0. The zero-order valence-electron chi connectivity index (χ0n) is 17.0. The molecule has 1 aliphatic heterocycles. The Morgan fingerprint density at radius 3 is 2.69 bits per heavy atom. The number of anilines is 3. The summed E-state index contributed by atoms with van der Waals surface area (Å²) in [5, 5.41) is 3.91. The predicted molar refractivity (Wildman–Crippen MR) is 106 cm³/mol. The number of carbonyl (C=O) groups is 1. The van der Waals surface area contributed by atoms with Gasteiger partial charge in [0.15, 0.2) is 11.6 Å². The number of unbranched alkanes of at least 4 members (excludes halogenated alkanes) is 3. The molecule has 3 rings (SSSR count). The summed E-state index contributed by atoms with van der Waals surface area (Å²) in [5.41, 5.74) is 0. The maximum absolute atomic E-state index is 11.2. The molecule has 0 spiro atoms. The van der Waals surface area contributed by atoms with Crippen molar-refractivity contribution < 1.29 is 18.8 Å². The quantitative estimate of drug-likeness (QED) is 0.432. The van der Waals surface area contributed by atoms with Crippen molar-refractivity contribution >= 4 is 23.6 Å². The average molecular weight is 404 g/mol. The van der Waals surface area contributed by atoms with Crippen LogP contribution in [0.1, 0.15) is 37.9 Å². The number of esters is 1. The fraction of sp³-hybridized carbons (Fsp3) is 0.632. The van der Waals surface area contributed by atoms with Gasteiger partial charge < -0.3 is 18.9 Å². The number of morpholine rings is 1. The molecule has 1 fully saturated rings. The van der Waals surface area contributed by atoms with Gasteiger partial charge in [-0.15, -0.1) is 0 Å². The first-order valence-corrected chi connectivity index (χ1v) is 9.97. The number of rotatable bonds is 10. The summed E-state index contributed by atoms with van der Waals surface area (Å²) in [6, 6.07) is 0.408. The van der Waals surface area contributed by atoms with Gasteiger partial charge in [0.05, 0.1) is 32.7 Å². The van der Waals surface area contributed by atoms with E-state index >= 15 is 0 Å². The Labute approximate surface area is 170 Å². The molecule has 10 heteroatoms. The van der Waals surface area contributed by atoms with Gasteiger partial charge >= 0.3 is 12.0 Å². The Bertz CT molecular complexity index is 778. The van der Waals surface area contributed by atoms with Crippen LogP contribution in [0.25, 0.3) is 0 Å². The van der Waals surface area contributed by atoms with E-state index in [-0.39, 0.29) is 5.97 Å². The molecule has 3 heterocycles. The van der Waals surface area contributed by atoms with Crippen molar-refractivity contribution in [3.8, 4) is 0 Å². The highest BCUT2D eigenvalue weighted by Gasteiger charge is 2.20. The highest BCUT2D eigenvalue weighted by Crippen LogP contribution is 2.24. The molecule has 0 aliphatic carbocycles. The van der Waals surface area contributed by atoms with E-state index in [0.29, 0.717) is 43.8 Å². The van der Waals surface area contributed by atoms with E-state index in [2.05, 4.69) is 24.8 Å². The molecular weight excluding hydrogens is 376 g/mol. The maximum Gasteiger partial charge on any atom is 0.329 e. The van der Waals surface area contributed by atoms with Crippen molar-refractivity contribution in [2.24, 2.45) is 0 Å². The topological polar surface area (TPSA) is 107 Å². The molecule has 2 aromatic rings. The largest absolute Gasteiger partial charge is 0.469 e. The van der Waals surface area contributed by atoms with E-state index in [1.54, 1.807) is 19.3 Å². The van der Waals surface area contributed by atoms with E-state index in [1.165, 1.54) is 7.11 Å². The van der Waals surface area contributed by atoms with Gasteiger partial charge in [-0.05, 0) is 19.8 Å². The third kappa shape index (κ3) is 6.11. The molecule has 0 unspecified atom stereocenters. The Balaban J connectivity index is 1.64. The van der Waals surface area contributed by atoms with Gasteiger partial charge in [0.2, 0.25) is 0 Å². The lowest BCUT2D eigenvalue weighted by atomic mass is 10.1. The Morgan fingerprint density at radius 2 is 1.97 bits per heavy atom. The molecule has 0 saturated carbocycles. The van der Waals surface area contributed by atoms with Crippen molar-refractivity contribution in [3.63, 3.8) is 0 Å². The Kier molecular flexibility index (Phi) is 7.74. The molecule has 1 aliphatic rings. The second-order valence-electron chi connectivity index (χ2n) is 6.85. The normalized spacial score (nSPS) is 14.1. The minimum Gasteiger partial charge on any atom is -0.469 e. The van der Waals surface area contributed by atoms with Crippen molar-refractivity contribution in [1.29, 1.82) is 0 Å². The van der Waals surface area contributed by atoms with Gasteiger partial charge in [-0.2, -0.15) is 4.98 Å². The molecule has 0 aromatic carbocycles. The lowest BCUT2D eigenvalue weighted by Crippen LogP contribution is -2.37. The highest BCUT2D eigenvalue weighted by atomic mass is 16.5. The summed E-state index contributed by atoms with van der Waals surface area (Å²) < 4.78 is 15.5. The molecule has 0 atom stereocenters. The molecule has 0 N–H and O–H groups in total. The summed E-state index contributed by atoms with van der Waals surface area (Å²) >= 11 is 0. The molecule has 29 heavy (non-hydrogen) atoms. The van der Waals surface area contributed by atoms with Gasteiger partial charge in [0, 0.05) is 26.1 Å². The number of nitrogens with zero attached hydrogens (tertiary/aromatic N) is 6. The van der Waals surface area contributed by atoms with Crippen molar-refractivity contribution in [2.75, 3.05) is 49.8 Å². The van der Waals surface area contributed by atoms with Crippen LogP contribution < -0.4 is 9.80 Å². The molecule has 10 nitrogen and oxygen atoms in total. The summed E-state index contributed by atoms with van der Waals surface area (Å²) in [6.45, 7) is 5.40. The average Bonchev–Trinajstić information content (AvgIpc) is 3.19. The SMILES string of the molecule is COC(=O)CCCCCCN(c1cncc(N2CCOCC2)n1)c1nc(C)no1. The Hall–Kier alpha value is -2.75. The minimum absolute atomic E-state index is 0.164. The summed E-state index contributed by atoms with van der Waals surface area (Å²) in [7, 11) is 1.42. The maximum atomic E-state index is 11.2. The molecule has 0 amide bonds. The zero-order chi connectivity index (χ0) is 20.5. The van der Waals surface area contributed by atoms with Crippen molar-refractivity contribution in [3.05, 3.63) is 18.2 Å². The molecule has 0 radical (unpaired) electrons.